The van der Waals surface area contributed by atoms with Crippen LogP contribution in [-0.2, 0) is 19.6 Å². The molecule has 29 heavy (non-hydrogen) atoms. The molecule has 0 aliphatic rings. The minimum atomic E-state index is -3.78. The third-order valence-corrected chi connectivity index (χ3v) is 4.98. The molecule has 156 valence electrons. The number of hydrogen-bond acceptors (Lipinski definition) is 5. The maximum atomic E-state index is 12.3. The molecule has 0 saturated heterocycles. The van der Waals surface area contributed by atoms with Crippen LogP contribution in [0.25, 0.3) is 0 Å². The largest absolute Gasteiger partial charge is 0.374 e. The van der Waals surface area contributed by atoms with Crippen molar-refractivity contribution in [2.24, 2.45) is 10.6 Å². The van der Waals surface area contributed by atoms with Crippen LogP contribution in [0.2, 0.25) is 0 Å². The van der Waals surface area contributed by atoms with E-state index in [4.69, 9.17) is 5.14 Å². The van der Waals surface area contributed by atoms with Crippen LogP contribution >= 0.6 is 0 Å². The van der Waals surface area contributed by atoms with E-state index in [0.29, 0.717) is 17.1 Å². The van der Waals surface area contributed by atoms with Gasteiger partial charge in [0, 0.05) is 22.5 Å². The molecule has 2 amide bonds. The van der Waals surface area contributed by atoms with Crippen LogP contribution in [0, 0.1) is 5.41 Å². The molecule has 1 atom stereocenters. The molecule has 0 saturated carbocycles. The Kier molecular flexibility index (Phi) is 6.66. The van der Waals surface area contributed by atoms with E-state index >= 15 is 0 Å². The van der Waals surface area contributed by atoms with Gasteiger partial charge in [-0.05, 0) is 55.5 Å². The molecule has 0 radical (unpaired) electrons. The molecule has 0 bridgehead atoms. The summed E-state index contributed by atoms with van der Waals surface area (Å²) in [6, 6.07) is 12.1. The van der Waals surface area contributed by atoms with Gasteiger partial charge < -0.3 is 16.0 Å². The zero-order valence-corrected chi connectivity index (χ0v) is 17.6. The topological polar surface area (TPSA) is 130 Å². The van der Waals surface area contributed by atoms with Gasteiger partial charge in [0.05, 0.1) is 4.90 Å². The van der Waals surface area contributed by atoms with E-state index < -0.39 is 21.5 Å². The number of nitrogens with one attached hydrogen (secondary N) is 3. The normalized spacial score (nSPS) is 12.7. The second-order valence-electron chi connectivity index (χ2n) is 7.71. The van der Waals surface area contributed by atoms with Crippen LogP contribution in [0.3, 0.4) is 0 Å². The Labute approximate surface area is 170 Å². The van der Waals surface area contributed by atoms with Crippen molar-refractivity contribution in [1.29, 1.82) is 0 Å². The van der Waals surface area contributed by atoms with Crippen LogP contribution in [0.5, 0.6) is 0 Å². The lowest BCUT2D eigenvalue weighted by Crippen LogP contribution is -2.31. The van der Waals surface area contributed by atoms with E-state index in [1.54, 1.807) is 31.2 Å². The second-order valence-corrected chi connectivity index (χ2v) is 9.27. The van der Waals surface area contributed by atoms with Crippen molar-refractivity contribution in [2.75, 3.05) is 16.0 Å². The number of benzene rings is 2. The van der Waals surface area contributed by atoms with Crippen molar-refractivity contribution in [3.63, 3.8) is 0 Å². The highest BCUT2D eigenvalue weighted by Crippen LogP contribution is 2.20. The number of carbonyl (C=O) groups excluding carboxylic acids is 2. The average Bonchev–Trinajstić information content (AvgIpc) is 2.62. The lowest BCUT2D eigenvalue weighted by atomic mass is 9.95. The third-order valence-electron chi connectivity index (χ3n) is 4.05. The van der Waals surface area contributed by atoms with Crippen molar-refractivity contribution in [3.05, 3.63) is 48.5 Å². The number of primary sulfonamides is 1. The van der Waals surface area contributed by atoms with Crippen LogP contribution in [-0.4, -0.2) is 26.3 Å². The number of rotatable bonds is 6. The number of nitrogens with two attached hydrogens (primary N) is 1. The Hall–Kier alpha value is -2.91. The molecular weight excluding hydrogens is 392 g/mol. The summed E-state index contributed by atoms with van der Waals surface area (Å²) >= 11 is 0. The monoisotopic (exact) mass is 418 g/mol. The highest BCUT2D eigenvalue weighted by molar-refractivity contribution is 7.89. The van der Waals surface area contributed by atoms with E-state index in [2.05, 4.69) is 16.0 Å². The molecule has 2 aromatic rings. The van der Waals surface area contributed by atoms with Crippen molar-refractivity contribution < 1.29 is 18.0 Å². The first-order valence-electron chi connectivity index (χ1n) is 8.98. The second kappa shape index (κ2) is 8.62. The summed E-state index contributed by atoms with van der Waals surface area (Å²) in [5, 5.41) is 13.7. The summed E-state index contributed by atoms with van der Waals surface area (Å²) in [6.45, 7) is 7.20. The molecule has 0 heterocycles. The van der Waals surface area contributed by atoms with Gasteiger partial charge in [0.15, 0.2) is 0 Å². The molecule has 5 N–H and O–H groups in total. The molecule has 1 unspecified atom stereocenters. The van der Waals surface area contributed by atoms with Crippen molar-refractivity contribution >= 4 is 38.9 Å². The summed E-state index contributed by atoms with van der Waals surface area (Å²) in [4.78, 5) is 24.3. The maximum absolute atomic E-state index is 12.3. The molecule has 0 aromatic heterocycles. The molecule has 0 aliphatic carbocycles. The maximum Gasteiger partial charge on any atom is 0.246 e. The Morgan fingerprint density at radius 3 is 1.79 bits per heavy atom. The fourth-order valence-corrected chi connectivity index (χ4v) is 2.78. The molecule has 8 nitrogen and oxygen atoms in total. The average molecular weight is 419 g/mol. The van der Waals surface area contributed by atoms with Gasteiger partial charge >= 0.3 is 0 Å². The lowest BCUT2D eigenvalue weighted by molar-refractivity contribution is -0.123. The first-order chi connectivity index (χ1) is 13.4. The van der Waals surface area contributed by atoms with Gasteiger partial charge in [-0.25, -0.2) is 13.6 Å². The number of amides is 2. The van der Waals surface area contributed by atoms with Crippen molar-refractivity contribution in [3.8, 4) is 0 Å². The van der Waals surface area contributed by atoms with Gasteiger partial charge in [0.2, 0.25) is 21.8 Å². The third kappa shape index (κ3) is 6.58. The highest BCUT2D eigenvalue weighted by Gasteiger charge is 2.21. The Morgan fingerprint density at radius 1 is 0.862 bits per heavy atom. The summed E-state index contributed by atoms with van der Waals surface area (Å²) in [5.74, 6) is -0.377. The molecule has 0 spiro atoms. The number of carbonyl (C=O) groups is 2. The fraction of sp³-hybridized carbons (Fsp3) is 0.300. The predicted octanol–water partition coefficient (Wildman–Crippen LogP) is 2.76. The van der Waals surface area contributed by atoms with Gasteiger partial charge in [-0.3, -0.25) is 9.59 Å². The summed E-state index contributed by atoms with van der Waals surface area (Å²) in [6.07, 6.45) is 0. The SMILES string of the molecule is CC(Nc1ccc(NC(=O)C(C)(C)C)cc1)C(=O)Nc1ccc(S(N)(=O)=O)cc1. The summed E-state index contributed by atoms with van der Waals surface area (Å²) in [7, 11) is -3.78. The van der Waals surface area contributed by atoms with Gasteiger partial charge in [-0.1, -0.05) is 20.8 Å². The quantitative estimate of drug-likeness (QED) is 0.573. The predicted molar refractivity (Wildman–Crippen MR) is 114 cm³/mol. The van der Waals surface area contributed by atoms with Gasteiger partial charge in [0.1, 0.15) is 6.04 Å². The number of sulfonamides is 1. The van der Waals surface area contributed by atoms with E-state index in [1.165, 1.54) is 24.3 Å². The number of hydrogen-bond donors (Lipinski definition) is 4. The van der Waals surface area contributed by atoms with Gasteiger partial charge in [0.25, 0.3) is 0 Å². The summed E-state index contributed by atoms with van der Waals surface area (Å²) < 4.78 is 22.5. The van der Waals surface area contributed by atoms with Crippen LogP contribution in [0.15, 0.2) is 53.4 Å². The zero-order chi connectivity index (χ0) is 21.8. The Balaban J connectivity index is 1.94. The van der Waals surface area contributed by atoms with Crippen LogP contribution in [0.4, 0.5) is 17.1 Å². The van der Waals surface area contributed by atoms with E-state index in [-0.39, 0.29) is 16.7 Å². The minimum Gasteiger partial charge on any atom is -0.374 e. The van der Waals surface area contributed by atoms with E-state index in [9.17, 15) is 18.0 Å². The summed E-state index contributed by atoms with van der Waals surface area (Å²) in [5.41, 5.74) is 1.35. The Bertz CT molecular complexity index is 979. The van der Waals surface area contributed by atoms with Crippen LogP contribution in [0.1, 0.15) is 27.7 Å². The number of anilines is 3. The molecule has 9 heteroatoms. The van der Waals surface area contributed by atoms with Gasteiger partial charge in [-0.2, -0.15) is 0 Å². The Morgan fingerprint density at radius 2 is 1.31 bits per heavy atom. The lowest BCUT2D eigenvalue weighted by Gasteiger charge is -2.18. The molecular formula is C20H26N4O4S. The van der Waals surface area contributed by atoms with Crippen LogP contribution < -0.4 is 21.1 Å². The first-order valence-corrected chi connectivity index (χ1v) is 10.5. The van der Waals surface area contributed by atoms with E-state index in [1.807, 2.05) is 20.8 Å². The first kappa shape index (κ1) is 22.4. The van der Waals surface area contributed by atoms with Crippen molar-refractivity contribution in [1.82, 2.24) is 0 Å². The highest BCUT2D eigenvalue weighted by atomic mass is 32.2. The smallest absolute Gasteiger partial charge is 0.246 e. The zero-order valence-electron chi connectivity index (χ0n) is 16.8. The van der Waals surface area contributed by atoms with Crippen molar-refractivity contribution in [2.45, 2.75) is 38.6 Å². The molecule has 2 aromatic carbocycles. The van der Waals surface area contributed by atoms with Gasteiger partial charge in [-0.15, -0.1) is 0 Å². The molecule has 0 aliphatic heterocycles. The van der Waals surface area contributed by atoms with E-state index in [0.717, 1.165) is 0 Å². The molecule has 2 rings (SSSR count). The fourth-order valence-electron chi connectivity index (χ4n) is 2.26. The standard InChI is InChI=1S/C20H26N4O4S/c1-13(18(25)23-15-9-11-17(12-10-15)29(21,27)28)22-14-5-7-16(8-6-14)24-19(26)20(2,3)4/h5-13,22H,1-4H3,(H,23,25)(H,24,26)(H2,21,27,28). The minimum absolute atomic E-state index is 0.0275. The molecule has 0 fully saturated rings.